The largest absolute Gasteiger partial charge is 0.494 e. The fraction of sp³-hybridized carbons (Fsp3) is 0.500. The lowest BCUT2D eigenvalue weighted by molar-refractivity contribution is 0.256. The number of nitrogens with zero attached hydrogens (tertiary/aromatic N) is 1. The van der Waals surface area contributed by atoms with Crippen LogP contribution in [0.4, 0.5) is 10.5 Å². The molecule has 2 amide bonds. The topological polar surface area (TPSA) is 88.7 Å². The average molecular weight is 306 g/mol. The third-order valence-corrected chi connectivity index (χ3v) is 2.96. The first-order valence-corrected chi connectivity index (χ1v) is 7.59. The lowest BCUT2D eigenvalue weighted by Gasteiger charge is -2.14. The van der Waals surface area contributed by atoms with Crippen molar-refractivity contribution in [1.29, 1.82) is 0 Å². The Kier molecular flexibility index (Phi) is 7.22. The van der Waals surface area contributed by atoms with Gasteiger partial charge in [0.2, 0.25) is 0 Å². The molecule has 0 aliphatic carbocycles. The van der Waals surface area contributed by atoms with Gasteiger partial charge in [-0.15, -0.1) is 0 Å². The maximum atomic E-state index is 11.9. The van der Waals surface area contributed by atoms with Gasteiger partial charge in [0.25, 0.3) is 0 Å². The van der Waals surface area contributed by atoms with Gasteiger partial charge in [-0.05, 0) is 49.9 Å². The number of urea groups is 1. The second-order valence-corrected chi connectivity index (χ2v) is 5.13. The van der Waals surface area contributed by atoms with Crippen molar-refractivity contribution in [3.05, 3.63) is 23.3 Å². The summed E-state index contributed by atoms with van der Waals surface area (Å²) in [5.41, 5.74) is 8.25. The molecular weight excluding hydrogens is 280 g/mol. The van der Waals surface area contributed by atoms with Crippen LogP contribution in [0.25, 0.3) is 0 Å². The van der Waals surface area contributed by atoms with Gasteiger partial charge in [-0.25, -0.2) is 4.79 Å². The standard InChI is InChI=1S/C16H26N4O2/c1-5-7-18-15(17)20-16(21)19-14-11(3)9-13(10-12(14)4)22-8-6-2/h9-10H,5-8H2,1-4H3,(H4,17,18,19,20,21). The Bertz CT molecular complexity index is 518. The predicted molar refractivity (Wildman–Crippen MR) is 90.6 cm³/mol. The van der Waals surface area contributed by atoms with Crippen LogP contribution in [0, 0.1) is 13.8 Å². The zero-order valence-corrected chi connectivity index (χ0v) is 13.8. The van der Waals surface area contributed by atoms with Crippen molar-refractivity contribution >= 4 is 17.7 Å². The highest BCUT2D eigenvalue weighted by Crippen LogP contribution is 2.26. The number of carbonyl (C=O) groups excluding carboxylic acids is 1. The minimum Gasteiger partial charge on any atom is -0.494 e. The van der Waals surface area contributed by atoms with Gasteiger partial charge in [-0.3, -0.25) is 10.3 Å². The summed E-state index contributed by atoms with van der Waals surface area (Å²) in [6.07, 6.45) is 1.83. The van der Waals surface area contributed by atoms with Gasteiger partial charge < -0.3 is 15.8 Å². The number of carbonyl (C=O) groups is 1. The highest BCUT2D eigenvalue weighted by molar-refractivity contribution is 6.02. The third kappa shape index (κ3) is 5.63. The van der Waals surface area contributed by atoms with Gasteiger partial charge in [-0.1, -0.05) is 13.8 Å². The highest BCUT2D eigenvalue weighted by atomic mass is 16.5. The maximum absolute atomic E-state index is 11.9. The number of rotatable bonds is 6. The number of hydrogen-bond acceptors (Lipinski definition) is 3. The molecule has 1 aromatic rings. The monoisotopic (exact) mass is 306 g/mol. The summed E-state index contributed by atoms with van der Waals surface area (Å²) < 4.78 is 5.62. The molecule has 0 aromatic heterocycles. The fourth-order valence-corrected chi connectivity index (χ4v) is 1.96. The molecule has 122 valence electrons. The molecule has 0 spiro atoms. The lowest BCUT2D eigenvalue weighted by Crippen LogP contribution is -2.40. The Hall–Kier alpha value is -2.24. The molecule has 0 atom stereocenters. The number of aliphatic imine (C=N–C) groups is 1. The second-order valence-electron chi connectivity index (χ2n) is 5.13. The molecule has 1 rings (SSSR count). The Balaban J connectivity index is 2.74. The number of benzene rings is 1. The van der Waals surface area contributed by atoms with Crippen LogP contribution < -0.4 is 21.1 Å². The molecule has 0 bridgehead atoms. The molecule has 22 heavy (non-hydrogen) atoms. The van der Waals surface area contributed by atoms with Crippen molar-refractivity contribution < 1.29 is 9.53 Å². The van der Waals surface area contributed by atoms with Crippen LogP contribution in [-0.4, -0.2) is 25.1 Å². The number of nitrogens with one attached hydrogen (secondary N) is 2. The number of hydrogen-bond donors (Lipinski definition) is 3. The zero-order valence-electron chi connectivity index (χ0n) is 13.8. The number of guanidine groups is 1. The van der Waals surface area contributed by atoms with E-state index in [2.05, 4.69) is 22.5 Å². The van der Waals surface area contributed by atoms with Crippen molar-refractivity contribution in [3.63, 3.8) is 0 Å². The van der Waals surface area contributed by atoms with E-state index in [0.717, 1.165) is 35.4 Å². The summed E-state index contributed by atoms with van der Waals surface area (Å²) >= 11 is 0. The smallest absolute Gasteiger partial charge is 0.326 e. The lowest BCUT2D eigenvalue weighted by atomic mass is 10.1. The van der Waals surface area contributed by atoms with Gasteiger partial charge >= 0.3 is 6.03 Å². The van der Waals surface area contributed by atoms with Crippen molar-refractivity contribution in [3.8, 4) is 5.75 Å². The van der Waals surface area contributed by atoms with E-state index >= 15 is 0 Å². The number of ether oxygens (including phenoxy) is 1. The summed E-state index contributed by atoms with van der Waals surface area (Å²) in [5, 5.41) is 5.32. The molecule has 0 unspecified atom stereocenters. The van der Waals surface area contributed by atoms with E-state index < -0.39 is 6.03 Å². The molecule has 6 nitrogen and oxygen atoms in total. The predicted octanol–water partition coefficient (Wildman–Crippen LogP) is 2.94. The van der Waals surface area contributed by atoms with E-state index in [1.54, 1.807) is 0 Å². The highest BCUT2D eigenvalue weighted by Gasteiger charge is 2.10. The van der Waals surface area contributed by atoms with Gasteiger partial charge in [0.1, 0.15) is 5.75 Å². The van der Waals surface area contributed by atoms with Crippen LogP contribution in [0.2, 0.25) is 0 Å². The summed E-state index contributed by atoms with van der Waals surface area (Å²) in [4.78, 5) is 16.0. The summed E-state index contributed by atoms with van der Waals surface area (Å²) in [6.45, 7) is 9.17. The summed E-state index contributed by atoms with van der Waals surface area (Å²) in [7, 11) is 0. The van der Waals surface area contributed by atoms with Crippen LogP contribution in [0.15, 0.2) is 17.1 Å². The first kappa shape index (κ1) is 17.8. The van der Waals surface area contributed by atoms with Crippen LogP contribution in [0.3, 0.4) is 0 Å². The molecule has 0 fully saturated rings. The average Bonchev–Trinajstić information content (AvgIpc) is 2.46. The van der Waals surface area contributed by atoms with Crippen LogP contribution in [-0.2, 0) is 0 Å². The quantitative estimate of drug-likeness (QED) is 0.557. The van der Waals surface area contributed by atoms with Gasteiger partial charge in [0.05, 0.1) is 6.61 Å². The molecule has 6 heteroatoms. The molecular formula is C16H26N4O2. The molecule has 0 radical (unpaired) electrons. The normalized spacial score (nSPS) is 11.2. The second kappa shape index (κ2) is 8.92. The van der Waals surface area contributed by atoms with E-state index in [-0.39, 0.29) is 5.96 Å². The van der Waals surface area contributed by atoms with Crippen molar-refractivity contribution in [2.75, 3.05) is 18.5 Å². The first-order valence-electron chi connectivity index (χ1n) is 7.59. The molecule has 4 N–H and O–H groups in total. The molecule has 1 aromatic carbocycles. The number of aryl methyl sites for hydroxylation is 2. The Morgan fingerprint density at radius 1 is 1.23 bits per heavy atom. The van der Waals surface area contributed by atoms with Gasteiger partial charge in [0, 0.05) is 12.2 Å². The van der Waals surface area contributed by atoms with Crippen molar-refractivity contribution in [2.45, 2.75) is 40.5 Å². The minimum atomic E-state index is -0.397. The number of nitrogens with two attached hydrogens (primary N) is 1. The van der Waals surface area contributed by atoms with E-state index in [4.69, 9.17) is 10.5 Å². The first-order chi connectivity index (χ1) is 10.5. The molecule has 0 heterocycles. The summed E-state index contributed by atoms with van der Waals surface area (Å²) in [5.74, 6) is 0.935. The number of amides is 2. The molecule has 0 saturated carbocycles. The molecule has 0 saturated heterocycles. The Morgan fingerprint density at radius 2 is 1.86 bits per heavy atom. The maximum Gasteiger partial charge on any atom is 0.326 e. The Labute approximate surface area is 132 Å². The van der Waals surface area contributed by atoms with E-state index in [1.807, 2.05) is 32.9 Å². The Morgan fingerprint density at radius 3 is 2.41 bits per heavy atom. The van der Waals surface area contributed by atoms with Gasteiger partial charge in [-0.2, -0.15) is 0 Å². The van der Waals surface area contributed by atoms with Crippen LogP contribution in [0.1, 0.15) is 37.8 Å². The van der Waals surface area contributed by atoms with E-state index in [9.17, 15) is 4.79 Å². The fourth-order valence-electron chi connectivity index (χ4n) is 1.96. The van der Waals surface area contributed by atoms with Gasteiger partial charge in [0.15, 0.2) is 5.96 Å². The minimum absolute atomic E-state index is 0.123. The summed E-state index contributed by atoms with van der Waals surface area (Å²) in [6, 6.07) is 3.42. The third-order valence-electron chi connectivity index (χ3n) is 2.96. The van der Waals surface area contributed by atoms with E-state index in [0.29, 0.717) is 13.2 Å². The van der Waals surface area contributed by atoms with Crippen molar-refractivity contribution in [1.82, 2.24) is 5.32 Å². The number of anilines is 1. The van der Waals surface area contributed by atoms with Crippen molar-refractivity contribution in [2.24, 2.45) is 10.7 Å². The molecule has 0 aliphatic rings. The zero-order chi connectivity index (χ0) is 16.5. The van der Waals surface area contributed by atoms with Crippen LogP contribution in [0.5, 0.6) is 5.75 Å². The van der Waals surface area contributed by atoms with E-state index in [1.165, 1.54) is 0 Å². The van der Waals surface area contributed by atoms with Crippen LogP contribution >= 0.6 is 0 Å². The SMILES string of the molecule is CCCN=C(N)NC(=O)Nc1c(C)cc(OCCC)cc1C. The molecule has 0 aliphatic heterocycles.